The molecule has 2 heterocycles. The van der Waals surface area contributed by atoms with Crippen molar-refractivity contribution in [1.29, 1.82) is 0 Å². The van der Waals surface area contributed by atoms with E-state index in [9.17, 15) is 9.59 Å². The quantitative estimate of drug-likeness (QED) is 0.323. The molecular formula is C23H16O4S. The van der Waals surface area contributed by atoms with E-state index in [1.807, 2.05) is 42.5 Å². The Balaban J connectivity index is 1.57. The highest BCUT2D eigenvalue weighted by molar-refractivity contribution is 8.04. The zero-order valence-corrected chi connectivity index (χ0v) is 15.7. The van der Waals surface area contributed by atoms with Crippen molar-refractivity contribution in [3.63, 3.8) is 0 Å². The molecule has 4 rings (SSSR count). The number of allylic oxidation sites excluding steroid dienone is 1. The number of rotatable bonds is 5. The summed E-state index contributed by atoms with van der Waals surface area (Å²) in [5, 5.41) is 0. The second-order valence-corrected chi connectivity index (χ2v) is 7.19. The predicted molar refractivity (Wildman–Crippen MR) is 109 cm³/mol. The Morgan fingerprint density at radius 1 is 1.11 bits per heavy atom. The average molecular weight is 388 g/mol. The zero-order chi connectivity index (χ0) is 19.5. The van der Waals surface area contributed by atoms with Gasteiger partial charge in [-0.3, -0.25) is 4.79 Å². The number of fused-ring (bicyclic) bond motifs is 1. The third kappa shape index (κ3) is 3.57. The molecule has 3 aromatic rings. The van der Waals surface area contributed by atoms with Crippen molar-refractivity contribution >= 4 is 29.6 Å². The van der Waals surface area contributed by atoms with Crippen molar-refractivity contribution < 1.29 is 18.7 Å². The minimum atomic E-state index is -0.415. The van der Waals surface area contributed by atoms with Gasteiger partial charge in [0.25, 0.3) is 0 Å². The number of ether oxygens (including phenoxy) is 1. The lowest BCUT2D eigenvalue weighted by atomic mass is 10.1. The molecule has 0 unspecified atom stereocenters. The van der Waals surface area contributed by atoms with Gasteiger partial charge in [0.05, 0.1) is 10.5 Å². The fourth-order valence-electron chi connectivity index (χ4n) is 2.87. The standard InChI is InChI=1S/C23H16O4S/c1-2-12-26-23(25)16-7-5-6-15(13-16)19-11-10-17(27-19)14-21-22(24)18-8-3-4-9-20(18)28-21/h2-11,13-14H,1,12H2/b21-14-. The van der Waals surface area contributed by atoms with E-state index in [0.717, 1.165) is 16.0 Å². The van der Waals surface area contributed by atoms with Gasteiger partial charge in [-0.2, -0.15) is 0 Å². The summed E-state index contributed by atoms with van der Waals surface area (Å²) in [5.74, 6) is 0.781. The molecule has 0 saturated heterocycles. The Hall–Kier alpha value is -3.31. The van der Waals surface area contributed by atoms with E-state index in [-0.39, 0.29) is 12.4 Å². The third-order valence-corrected chi connectivity index (χ3v) is 5.29. The van der Waals surface area contributed by atoms with Crippen LogP contribution in [0.25, 0.3) is 17.4 Å². The van der Waals surface area contributed by atoms with E-state index in [2.05, 4.69) is 6.58 Å². The lowest BCUT2D eigenvalue weighted by Gasteiger charge is -2.03. The van der Waals surface area contributed by atoms with Crippen LogP contribution in [0.15, 0.2) is 87.5 Å². The highest BCUT2D eigenvalue weighted by Gasteiger charge is 2.25. The molecule has 0 aliphatic carbocycles. The summed E-state index contributed by atoms with van der Waals surface area (Å²) in [7, 11) is 0. The number of Topliss-reactive ketones (excluding diaryl/α,β-unsaturated/α-hetero) is 1. The lowest BCUT2D eigenvalue weighted by Crippen LogP contribution is -2.04. The van der Waals surface area contributed by atoms with Gasteiger partial charge in [0.2, 0.25) is 5.78 Å². The maximum Gasteiger partial charge on any atom is 0.338 e. The van der Waals surface area contributed by atoms with Gasteiger partial charge in [0.1, 0.15) is 18.1 Å². The van der Waals surface area contributed by atoms with Gasteiger partial charge < -0.3 is 9.15 Å². The summed E-state index contributed by atoms with van der Waals surface area (Å²) in [6.45, 7) is 3.69. The van der Waals surface area contributed by atoms with Crippen LogP contribution in [0.5, 0.6) is 0 Å². The average Bonchev–Trinajstić information content (AvgIpc) is 3.32. The fraction of sp³-hybridized carbons (Fsp3) is 0.0435. The first-order valence-electron chi connectivity index (χ1n) is 8.67. The first kappa shape index (κ1) is 18.1. The van der Waals surface area contributed by atoms with Crippen LogP contribution in [0.3, 0.4) is 0 Å². The number of hydrogen-bond acceptors (Lipinski definition) is 5. The van der Waals surface area contributed by atoms with E-state index >= 15 is 0 Å². The van der Waals surface area contributed by atoms with Gasteiger partial charge in [-0.25, -0.2) is 4.79 Å². The summed E-state index contributed by atoms with van der Waals surface area (Å²) in [4.78, 5) is 26.1. The summed E-state index contributed by atoms with van der Waals surface area (Å²) < 4.78 is 11.0. The molecule has 28 heavy (non-hydrogen) atoms. The molecule has 4 nitrogen and oxygen atoms in total. The number of thioether (sulfide) groups is 1. The Kier molecular flexibility index (Phi) is 5.00. The van der Waals surface area contributed by atoms with E-state index < -0.39 is 5.97 Å². The second-order valence-electron chi connectivity index (χ2n) is 6.11. The van der Waals surface area contributed by atoms with E-state index in [1.165, 1.54) is 17.8 Å². The maximum atomic E-state index is 12.5. The van der Waals surface area contributed by atoms with Crippen molar-refractivity contribution in [3.05, 3.63) is 95.1 Å². The Bertz CT molecular complexity index is 1110. The van der Waals surface area contributed by atoms with Crippen LogP contribution in [0, 0.1) is 0 Å². The second kappa shape index (κ2) is 7.74. The van der Waals surface area contributed by atoms with Gasteiger partial charge in [0, 0.05) is 16.0 Å². The maximum absolute atomic E-state index is 12.5. The van der Waals surface area contributed by atoms with Crippen LogP contribution in [0.4, 0.5) is 0 Å². The number of hydrogen-bond donors (Lipinski definition) is 0. The van der Waals surface area contributed by atoms with Gasteiger partial charge in [-0.1, -0.05) is 48.7 Å². The molecule has 1 aliphatic rings. The highest BCUT2D eigenvalue weighted by Crippen LogP contribution is 2.40. The minimum absolute atomic E-state index is 0.00510. The highest BCUT2D eigenvalue weighted by atomic mass is 32.2. The van der Waals surface area contributed by atoms with Crippen molar-refractivity contribution in [1.82, 2.24) is 0 Å². The monoisotopic (exact) mass is 388 g/mol. The largest absolute Gasteiger partial charge is 0.458 e. The minimum Gasteiger partial charge on any atom is -0.458 e. The van der Waals surface area contributed by atoms with Gasteiger partial charge >= 0.3 is 5.97 Å². The normalized spacial score (nSPS) is 14.1. The summed E-state index contributed by atoms with van der Waals surface area (Å²) >= 11 is 1.44. The van der Waals surface area contributed by atoms with Crippen molar-refractivity contribution in [2.75, 3.05) is 6.61 Å². The van der Waals surface area contributed by atoms with E-state index in [0.29, 0.717) is 22.0 Å². The molecule has 1 aliphatic heterocycles. The first-order valence-corrected chi connectivity index (χ1v) is 9.49. The zero-order valence-electron chi connectivity index (χ0n) is 14.9. The first-order chi connectivity index (χ1) is 13.7. The van der Waals surface area contributed by atoms with Crippen LogP contribution in [-0.2, 0) is 4.74 Å². The summed E-state index contributed by atoms with van der Waals surface area (Å²) in [6.07, 6.45) is 3.27. The number of furan rings is 1. The molecule has 0 radical (unpaired) electrons. The number of ketones is 1. The van der Waals surface area contributed by atoms with Gasteiger partial charge in [-0.15, -0.1) is 0 Å². The Morgan fingerprint density at radius 3 is 2.79 bits per heavy atom. The van der Waals surface area contributed by atoms with Crippen LogP contribution < -0.4 is 0 Å². The molecule has 0 atom stereocenters. The number of carbonyl (C=O) groups excluding carboxylic acids is 2. The molecule has 138 valence electrons. The summed E-state index contributed by atoms with van der Waals surface area (Å²) in [5.41, 5.74) is 1.91. The number of benzene rings is 2. The van der Waals surface area contributed by atoms with Crippen molar-refractivity contribution in [2.24, 2.45) is 0 Å². The molecular weight excluding hydrogens is 372 g/mol. The fourth-order valence-corrected chi connectivity index (χ4v) is 3.90. The molecule has 1 aromatic heterocycles. The molecule has 0 spiro atoms. The Labute approximate surface area is 166 Å². The van der Waals surface area contributed by atoms with Crippen LogP contribution in [0.2, 0.25) is 0 Å². The SMILES string of the molecule is C=CCOC(=O)c1cccc(-c2ccc(/C=C3\Sc4ccccc4C3=O)o2)c1. The van der Waals surface area contributed by atoms with Gasteiger partial charge in [0.15, 0.2) is 0 Å². The summed E-state index contributed by atoms with van der Waals surface area (Å²) in [6, 6.07) is 18.2. The molecule has 2 aromatic carbocycles. The van der Waals surface area contributed by atoms with Crippen LogP contribution in [0.1, 0.15) is 26.5 Å². The molecule has 0 fully saturated rings. The van der Waals surface area contributed by atoms with Gasteiger partial charge in [-0.05, 0) is 42.5 Å². The van der Waals surface area contributed by atoms with Crippen LogP contribution in [-0.4, -0.2) is 18.4 Å². The molecule has 0 bridgehead atoms. The lowest BCUT2D eigenvalue weighted by molar-refractivity contribution is 0.0549. The number of carbonyl (C=O) groups is 2. The van der Waals surface area contributed by atoms with Crippen LogP contribution >= 0.6 is 11.8 Å². The smallest absolute Gasteiger partial charge is 0.338 e. The third-order valence-electron chi connectivity index (χ3n) is 4.19. The predicted octanol–water partition coefficient (Wildman–Crippen LogP) is 5.62. The molecule has 0 saturated carbocycles. The molecule has 0 N–H and O–H groups in total. The number of esters is 1. The van der Waals surface area contributed by atoms with Crippen molar-refractivity contribution in [3.8, 4) is 11.3 Å². The van der Waals surface area contributed by atoms with Crippen molar-refractivity contribution in [2.45, 2.75) is 4.90 Å². The van der Waals surface area contributed by atoms with E-state index in [4.69, 9.17) is 9.15 Å². The Morgan fingerprint density at radius 2 is 1.96 bits per heavy atom. The van der Waals surface area contributed by atoms with E-state index in [1.54, 1.807) is 24.3 Å². The molecule has 5 heteroatoms. The topological polar surface area (TPSA) is 56.5 Å². The molecule has 0 amide bonds.